The molecule has 1 aliphatic heterocycles. The predicted octanol–water partition coefficient (Wildman–Crippen LogP) is 3.04. The van der Waals surface area contributed by atoms with Crippen molar-refractivity contribution < 1.29 is 9.53 Å². The van der Waals surface area contributed by atoms with Gasteiger partial charge in [0.2, 0.25) is 0 Å². The van der Waals surface area contributed by atoms with E-state index in [2.05, 4.69) is 55.1 Å². The van der Waals surface area contributed by atoms with Gasteiger partial charge in [0, 0.05) is 38.4 Å². The van der Waals surface area contributed by atoms with Crippen molar-refractivity contribution in [1.82, 2.24) is 9.80 Å². The summed E-state index contributed by atoms with van der Waals surface area (Å²) in [6, 6.07) is 16.6. The highest BCUT2D eigenvalue weighted by atomic mass is 16.5. The smallest absolute Gasteiger partial charge is 0.260 e. The van der Waals surface area contributed by atoms with E-state index in [-0.39, 0.29) is 12.5 Å². The fourth-order valence-electron chi connectivity index (χ4n) is 3.49. The Hall–Kier alpha value is -2.53. The van der Waals surface area contributed by atoms with Crippen LogP contribution in [-0.2, 0) is 17.8 Å². The van der Waals surface area contributed by atoms with Gasteiger partial charge >= 0.3 is 0 Å². The first kappa shape index (κ1) is 20.2. The Morgan fingerprint density at radius 1 is 1.00 bits per heavy atom. The SMILES string of the molecule is CCc1ccc(OCC(=O)N2CCN(c3cccc(CN(C)C)c3)CC2)cc1. The average Bonchev–Trinajstić information content (AvgIpc) is 2.72. The molecule has 1 amide bonds. The molecule has 2 aromatic rings. The Morgan fingerprint density at radius 2 is 1.71 bits per heavy atom. The van der Waals surface area contributed by atoms with Crippen LogP contribution in [0.15, 0.2) is 48.5 Å². The van der Waals surface area contributed by atoms with Crippen LogP contribution in [0, 0.1) is 0 Å². The molecule has 0 unspecified atom stereocenters. The van der Waals surface area contributed by atoms with Gasteiger partial charge in [0.1, 0.15) is 5.75 Å². The van der Waals surface area contributed by atoms with Gasteiger partial charge in [-0.05, 0) is 55.9 Å². The van der Waals surface area contributed by atoms with Crippen LogP contribution in [0.1, 0.15) is 18.1 Å². The van der Waals surface area contributed by atoms with Crippen LogP contribution in [0.2, 0.25) is 0 Å². The van der Waals surface area contributed by atoms with Crippen molar-refractivity contribution in [2.45, 2.75) is 19.9 Å². The zero-order valence-electron chi connectivity index (χ0n) is 17.2. The number of nitrogens with zero attached hydrogens (tertiary/aromatic N) is 3. The Labute approximate surface area is 168 Å². The van der Waals surface area contributed by atoms with Crippen molar-refractivity contribution in [1.29, 1.82) is 0 Å². The monoisotopic (exact) mass is 381 g/mol. The van der Waals surface area contributed by atoms with E-state index in [1.165, 1.54) is 16.8 Å². The van der Waals surface area contributed by atoms with E-state index < -0.39 is 0 Å². The third-order valence-electron chi connectivity index (χ3n) is 5.10. The molecule has 0 bridgehead atoms. The Morgan fingerprint density at radius 3 is 2.36 bits per heavy atom. The molecule has 3 rings (SSSR count). The van der Waals surface area contributed by atoms with Crippen molar-refractivity contribution in [3.63, 3.8) is 0 Å². The van der Waals surface area contributed by atoms with Crippen LogP contribution in [0.25, 0.3) is 0 Å². The average molecular weight is 382 g/mol. The van der Waals surface area contributed by atoms with Crippen LogP contribution in [0.4, 0.5) is 5.69 Å². The number of benzene rings is 2. The molecule has 0 aromatic heterocycles. The molecule has 28 heavy (non-hydrogen) atoms. The lowest BCUT2D eigenvalue weighted by Crippen LogP contribution is -2.50. The zero-order valence-corrected chi connectivity index (χ0v) is 17.2. The second-order valence-corrected chi connectivity index (χ2v) is 7.56. The van der Waals surface area contributed by atoms with Gasteiger partial charge in [-0.3, -0.25) is 4.79 Å². The van der Waals surface area contributed by atoms with E-state index in [4.69, 9.17) is 4.74 Å². The molecule has 0 N–H and O–H groups in total. The Bertz CT molecular complexity index is 766. The van der Waals surface area contributed by atoms with E-state index in [1.807, 2.05) is 29.2 Å². The van der Waals surface area contributed by atoms with Crippen molar-refractivity contribution in [2.75, 3.05) is 51.8 Å². The number of hydrogen-bond donors (Lipinski definition) is 0. The quantitative estimate of drug-likeness (QED) is 0.739. The molecule has 1 heterocycles. The molecule has 1 aliphatic rings. The second kappa shape index (κ2) is 9.60. The number of piperazine rings is 1. The minimum Gasteiger partial charge on any atom is -0.484 e. The topological polar surface area (TPSA) is 36.0 Å². The predicted molar refractivity (Wildman–Crippen MR) is 114 cm³/mol. The fourth-order valence-corrected chi connectivity index (χ4v) is 3.49. The maximum Gasteiger partial charge on any atom is 0.260 e. The van der Waals surface area contributed by atoms with Crippen molar-refractivity contribution in [3.8, 4) is 5.75 Å². The number of aryl methyl sites for hydroxylation is 1. The lowest BCUT2D eigenvalue weighted by molar-refractivity contribution is -0.133. The van der Waals surface area contributed by atoms with Crippen LogP contribution >= 0.6 is 0 Å². The van der Waals surface area contributed by atoms with Crippen molar-refractivity contribution in [2.24, 2.45) is 0 Å². The van der Waals surface area contributed by atoms with Gasteiger partial charge in [0.15, 0.2) is 6.61 Å². The first-order valence-corrected chi connectivity index (χ1v) is 10.0. The summed E-state index contributed by atoms with van der Waals surface area (Å²) in [7, 11) is 4.16. The third-order valence-corrected chi connectivity index (χ3v) is 5.10. The van der Waals surface area contributed by atoms with Gasteiger partial charge in [-0.15, -0.1) is 0 Å². The Kier molecular flexibility index (Phi) is 6.93. The van der Waals surface area contributed by atoms with Crippen LogP contribution < -0.4 is 9.64 Å². The van der Waals surface area contributed by atoms with E-state index in [1.54, 1.807) is 0 Å². The molecule has 5 nitrogen and oxygen atoms in total. The highest BCUT2D eigenvalue weighted by Crippen LogP contribution is 2.19. The largest absolute Gasteiger partial charge is 0.484 e. The molecule has 5 heteroatoms. The van der Waals surface area contributed by atoms with Crippen molar-refractivity contribution in [3.05, 3.63) is 59.7 Å². The van der Waals surface area contributed by atoms with E-state index in [0.717, 1.165) is 44.9 Å². The maximum atomic E-state index is 12.5. The van der Waals surface area contributed by atoms with E-state index >= 15 is 0 Å². The summed E-state index contributed by atoms with van der Waals surface area (Å²) in [5.41, 5.74) is 3.81. The minimum absolute atomic E-state index is 0.0561. The summed E-state index contributed by atoms with van der Waals surface area (Å²) in [4.78, 5) is 18.9. The molecular formula is C23H31N3O2. The molecular weight excluding hydrogens is 350 g/mol. The molecule has 1 fully saturated rings. The lowest BCUT2D eigenvalue weighted by atomic mass is 10.1. The highest BCUT2D eigenvalue weighted by Gasteiger charge is 2.21. The number of rotatable bonds is 7. The summed E-state index contributed by atoms with van der Waals surface area (Å²) in [6.45, 7) is 6.32. The molecule has 0 aliphatic carbocycles. The van der Waals surface area contributed by atoms with Gasteiger partial charge in [-0.2, -0.15) is 0 Å². The van der Waals surface area contributed by atoms with Gasteiger partial charge in [-0.1, -0.05) is 31.2 Å². The van der Waals surface area contributed by atoms with Crippen LogP contribution in [0.5, 0.6) is 5.75 Å². The number of hydrogen-bond acceptors (Lipinski definition) is 4. The number of carbonyl (C=O) groups is 1. The van der Waals surface area contributed by atoms with Crippen LogP contribution in [-0.4, -0.2) is 62.6 Å². The summed E-state index contributed by atoms with van der Waals surface area (Å²) in [5, 5.41) is 0. The zero-order chi connectivity index (χ0) is 19.9. The van der Waals surface area contributed by atoms with Gasteiger partial charge in [0.25, 0.3) is 5.91 Å². The number of ether oxygens (including phenoxy) is 1. The number of carbonyl (C=O) groups excluding carboxylic acids is 1. The third kappa shape index (κ3) is 5.49. The van der Waals surface area contributed by atoms with Gasteiger partial charge in [0.05, 0.1) is 0 Å². The lowest BCUT2D eigenvalue weighted by Gasteiger charge is -2.36. The summed E-state index contributed by atoms with van der Waals surface area (Å²) < 4.78 is 5.68. The van der Waals surface area contributed by atoms with Crippen molar-refractivity contribution >= 4 is 11.6 Å². The standard InChI is InChI=1S/C23H31N3O2/c1-4-19-8-10-22(11-9-19)28-18-23(27)26-14-12-25(13-15-26)21-7-5-6-20(16-21)17-24(2)3/h5-11,16H,4,12-15,17-18H2,1-3H3. The van der Waals surface area contributed by atoms with E-state index in [9.17, 15) is 4.79 Å². The van der Waals surface area contributed by atoms with Crippen LogP contribution in [0.3, 0.4) is 0 Å². The first-order chi connectivity index (χ1) is 13.5. The summed E-state index contributed by atoms with van der Waals surface area (Å²) >= 11 is 0. The van der Waals surface area contributed by atoms with Gasteiger partial charge in [-0.25, -0.2) is 0 Å². The fraction of sp³-hybridized carbons (Fsp3) is 0.435. The minimum atomic E-state index is 0.0561. The highest BCUT2D eigenvalue weighted by molar-refractivity contribution is 5.78. The summed E-state index contributed by atoms with van der Waals surface area (Å²) in [6.07, 6.45) is 1.00. The molecule has 0 spiro atoms. The molecule has 2 aromatic carbocycles. The number of anilines is 1. The molecule has 0 radical (unpaired) electrons. The molecule has 150 valence electrons. The van der Waals surface area contributed by atoms with E-state index in [0.29, 0.717) is 0 Å². The number of amides is 1. The Balaban J connectivity index is 1.48. The molecule has 1 saturated heterocycles. The molecule has 0 atom stereocenters. The second-order valence-electron chi connectivity index (χ2n) is 7.56. The van der Waals surface area contributed by atoms with Gasteiger partial charge < -0.3 is 19.4 Å². The molecule has 0 saturated carbocycles. The maximum absolute atomic E-state index is 12.5. The normalized spacial score (nSPS) is 14.4. The first-order valence-electron chi connectivity index (χ1n) is 10.0. The summed E-state index contributed by atoms with van der Waals surface area (Å²) in [5.74, 6) is 0.808.